The van der Waals surface area contributed by atoms with Gasteiger partial charge >= 0.3 is 19.8 Å². The van der Waals surface area contributed by atoms with E-state index in [1.54, 1.807) is 0 Å². The summed E-state index contributed by atoms with van der Waals surface area (Å²) in [6.07, 6.45) is 0. The number of benzene rings is 1. The van der Waals surface area contributed by atoms with Crippen molar-refractivity contribution in [3.8, 4) is 0 Å². The van der Waals surface area contributed by atoms with Crippen LogP contribution < -0.4 is 0 Å². The van der Waals surface area contributed by atoms with Crippen LogP contribution in [0.25, 0.3) is 0 Å². The molecule has 1 aromatic rings. The van der Waals surface area contributed by atoms with E-state index in [1.807, 2.05) is 0 Å². The SMILES string of the molecule is Fc1cccc(F)c1F.[GaH3]. The summed E-state index contributed by atoms with van der Waals surface area (Å²) in [7, 11) is 0. The topological polar surface area (TPSA) is 0 Å². The molecule has 0 radical (unpaired) electrons. The zero-order valence-electron chi connectivity index (χ0n) is 4.37. The van der Waals surface area contributed by atoms with E-state index in [-0.39, 0.29) is 19.8 Å². The van der Waals surface area contributed by atoms with E-state index in [2.05, 4.69) is 0 Å². The molecule has 1 aromatic carbocycles. The van der Waals surface area contributed by atoms with Crippen LogP contribution in [0.15, 0.2) is 18.2 Å². The average molecular weight is 205 g/mol. The van der Waals surface area contributed by atoms with Crippen LogP contribution >= 0.6 is 0 Å². The van der Waals surface area contributed by atoms with Gasteiger partial charge in [-0.15, -0.1) is 0 Å². The number of rotatable bonds is 0. The Morgan fingerprint density at radius 3 is 1.60 bits per heavy atom. The van der Waals surface area contributed by atoms with Crippen LogP contribution in [-0.4, -0.2) is 19.8 Å². The predicted molar refractivity (Wildman–Crippen MR) is 36.3 cm³/mol. The maximum absolute atomic E-state index is 12.0. The van der Waals surface area contributed by atoms with E-state index in [4.69, 9.17) is 0 Å². The molecule has 0 N–H and O–H groups in total. The number of halogens is 3. The van der Waals surface area contributed by atoms with Crippen LogP contribution in [0.1, 0.15) is 0 Å². The second kappa shape index (κ2) is 3.73. The Hall–Kier alpha value is -0.354. The van der Waals surface area contributed by atoms with Crippen LogP contribution in [0.2, 0.25) is 0 Å². The van der Waals surface area contributed by atoms with Gasteiger partial charge in [-0.1, -0.05) is 6.07 Å². The first-order valence-corrected chi connectivity index (χ1v) is 2.31. The first-order chi connectivity index (χ1) is 4.22. The summed E-state index contributed by atoms with van der Waals surface area (Å²) in [4.78, 5) is 0. The Bertz CT molecular complexity index is 204. The zero-order valence-corrected chi connectivity index (χ0v) is 4.37. The Kier molecular flexibility index (Phi) is 3.60. The summed E-state index contributed by atoms with van der Waals surface area (Å²) in [6, 6.07) is 2.82. The van der Waals surface area contributed by atoms with Crippen molar-refractivity contribution in [1.82, 2.24) is 0 Å². The molecule has 0 amide bonds. The molecular formula is C6H6F3Ga. The van der Waals surface area contributed by atoms with E-state index in [0.717, 1.165) is 18.2 Å². The summed E-state index contributed by atoms with van der Waals surface area (Å²) in [5.41, 5.74) is 0. The van der Waals surface area contributed by atoms with Gasteiger partial charge in [0.25, 0.3) is 0 Å². The molecule has 0 aliphatic rings. The molecule has 4 heteroatoms. The molecule has 0 unspecified atom stereocenters. The monoisotopic (exact) mass is 204 g/mol. The Balaban J connectivity index is 0.000000810. The first-order valence-electron chi connectivity index (χ1n) is 2.31. The summed E-state index contributed by atoms with van der Waals surface area (Å²) >= 11 is 0. The van der Waals surface area contributed by atoms with Gasteiger partial charge in [0, 0.05) is 0 Å². The van der Waals surface area contributed by atoms with E-state index in [1.165, 1.54) is 0 Å². The van der Waals surface area contributed by atoms with Crippen molar-refractivity contribution in [3.05, 3.63) is 35.7 Å². The fourth-order valence-corrected chi connectivity index (χ4v) is 0.477. The Morgan fingerprint density at radius 1 is 0.900 bits per heavy atom. The van der Waals surface area contributed by atoms with Crippen LogP contribution in [0.5, 0.6) is 0 Å². The molecule has 0 nitrogen and oxygen atoms in total. The molecule has 0 heterocycles. The molecule has 0 saturated carbocycles. The third-order valence-electron chi connectivity index (χ3n) is 0.904. The standard InChI is InChI=1S/C6H3F3.Ga.3H/c7-4-2-1-3-5(8)6(4)9;;;;/h1-3H;;;;. The van der Waals surface area contributed by atoms with E-state index in [0.29, 0.717) is 0 Å². The van der Waals surface area contributed by atoms with Crippen molar-refractivity contribution in [2.75, 3.05) is 0 Å². The molecule has 54 valence electrons. The van der Waals surface area contributed by atoms with Crippen LogP contribution in [0.3, 0.4) is 0 Å². The molecule has 0 aromatic heterocycles. The van der Waals surface area contributed by atoms with Crippen molar-refractivity contribution in [2.45, 2.75) is 0 Å². The van der Waals surface area contributed by atoms with E-state index < -0.39 is 17.5 Å². The number of hydrogen-bond acceptors (Lipinski definition) is 0. The maximum atomic E-state index is 12.0. The minimum absolute atomic E-state index is 0. The normalized spacial score (nSPS) is 8.70. The van der Waals surface area contributed by atoms with Gasteiger partial charge < -0.3 is 0 Å². The van der Waals surface area contributed by atoms with Gasteiger partial charge in [-0.25, -0.2) is 13.2 Å². The van der Waals surface area contributed by atoms with Gasteiger partial charge in [0.05, 0.1) is 0 Å². The third-order valence-corrected chi connectivity index (χ3v) is 0.904. The minimum atomic E-state index is -1.42. The molecule has 0 saturated heterocycles. The molecule has 10 heavy (non-hydrogen) atoms. The van der Waals surface area contributed by atoms with Gasteiger partial charge in [-0.3, -0.25) is 0 Å². The van der Waals surface area contributed by atoms with E-state index >= 15 is 0 Å². The summed E-state index contributed by atoms with van der Waals surface area (Å²) in [5, 5.41) is 0. The summed E-state index contributed by atoms with van der Waals surface area (Å²) < 4.78 is 35.9. The number of hydrogen-bond donors (Lipinski definition) is 0. The second-order valence-corrected chi connectivity index (χ2v) is 1.54. The molecular weight excluding hydrogens is 199 g/mol. The molecule has 0 aliphatic heterocycles. The quantitative estimate of drug-likeness (QED) is 0.436. The van der Waals surface area contributed by atoms with Gasteiger partial charge in [0.15, 0.2) is 17.5 Å². The van der Waals surface area contributed by atoms with Crippen LogP contribution in [-0.2, 0) is 0 Å². The fourth-order valence-electron chi connectivity index (χ4n) is 0.477. The van der Waals surface area contributed by atoms with Crippen molar-refractivity contribution >= 4 is 19.8 Å². The fraction of sp³-hybridized carbons (Fsp3) is 0. The zero-order chi connectivity index (χ0) is 6.85. The van der Waals surface area contributed by atoms with Crippen LogP contribution in [0, 0.1) is 17.5 Å². The average Bonchev–Trinajstić information content (AvgIpc) is 1.83. The molecule has 0 fully saturated rings. The Labute approximate surface area is 69.1 Å². The molecule has 0 atom stereocenters. The van der Waals surface area contributed by atoms with Crippen molar-refractivity contribution in [1.29, 1.82) is 0 Å². The van der Waals surface area contributed by atoms with E-state index in [9.17, 15) is 13.2 Å². The second-order valence-electron chi connectivity index (χ2n) is 1.54. The third kappa shape index (κ3) is 1.81. The van der Waals surface area contributed by atoms with Gasteiger partial charge in [-0.2, -0.15) is 0 Å². The predicted octanol–water partition coefficient (Wildman–Crippen LogP) is 0.920. The van der Waals surface area contributed by atoms with Crippen molar-refractivity contribution in [3.63, 3.8) is 0 Å². The molecule has 1 rings (SSSR count). The van der Waals surface area contributed by atoms with Crippen molar-refractivity contribution < 1.29 is 13.2 Å². The summed E-state index contributed by atoms with van der Waals surface area (Å²) in [5.74, 6) is -3.73. The molecule has 0 spiro atoms. The first kappa shape index (κ1) is 9.65. The van der Waals surface area contributed by atoms with Crippen molar-refractivity contribution in [2.24, 2.45) is 0 Å². The molecule has 0 bridgehead atoms. The Morgan fingerprint density at radius 2 is 1.30 bits per heavy atom. The summed E-state index contributed by atoms with van der Waals surface area (Å²) in [6.45, 7) is 0. The molecule has 0 aliphatic carbocycles. The van der Waals surface area contributed by atoms with Gasteiger partial charge in [0.1, 0.15) is 0 Å². The van der Waals surface area contributed by atoms with Crippen LogP contribution in [0.4, 0.5) is 13.2 Å². The van der Waals surface area contributed by atoms with Gasteiger partial charge in [0.2, 0.25) is 0 Å². The van der Waals surface area contributed by atoms with Gasteiger partial charge in [-0.05, 0) is 12.1 Å².